The van der Waals surface area contributed by atoms with Gasteiger partial charge in [0.2, 0.25) is 16.2 Å². The summed E-state index contributed by atoms with van der Waals surface area (Å²) in [5, 5.41) is 20.5. The van der Waals surface area contributed by atoms with Crippen molar-refractivity contribution < 1.29 is 21.6 Å². The van der Waals surface area contributed by atoms with Gasteiger partial charge in [-0.05, 0) is 54.8 Å². The number of sulfonamides is 2. The van der Waals surface area contributed by atoms with E-state index >= 15 is 0 Å². The minimum absolute atomic E-state index is 0. The molecule has 0 spiro atoms. The maximum atomic E-state index is 12.4. The number of nitrogens with zero attached hydrogens (tertiary/aromatic N) is 4. The first-order chi connectivity index (χ1) is 21.2. The normalized spacial score (nSPS) is 11.4. The fraction of sp³-hybridized carbons (Fsp3) is 0.393. The summed E-state index contributed by atoms with van der Waals surface area (Å²) < 4.78 is 54.1. The Kier molecular flexibility index (Phi) is 14.9. The lowest BCUT2D eigenvalue weighted by atomic mass is 10.1. The van der Waals surface area contributed by atoms with Crippen LogP contribution < -0.4 is 20.5 Å². The topological polar surface area (TPSA) is 199 Å². The predicted molar refractivity (Wildman–Crippen MR) is 185 cm³/mol. The molecule has 0 saturated heterocycles. The minimum Gasteiger partial charge on any atom is -0.356 e. The van der Waals surface area contributed by atoms with Crippen LogP contribution in [0.2, 0.25) is 0 Å². The summed E-state index contributed by atoms with van der Waals surface area (Å²) in [7, 11) is -7.32. The molecule has 0 radical (unpaired) electrons. The highest BCUT2D eigenvalue weighted by molar-refractivity contribution is 7.93. The van der Waals surface area contributed by atoms with Gasteiger partial charge in [-0.15, -0.1) is 32.8 Å². The number of benzene rings is 2. The number of hydrogen-bond acceptors (Lipinski definition) is 12. The fourth-order valence-electron chi connectivity index (χ4n) is 3.59. The molecule has 46 heavy (non-hydrogen) atoms. The van der Waals surface area contributed by atoms with E-state index in [0.717, 1.165) is 27.6 Å². The Morgan fingerprint density at radius 2 is 1.11 bits per heavy atom. The van der Waals surface area contributed by atoms with Crippen molar-refractivity contribution in [3.05, 3.63) is 69.7 Å². The summed E-state index contributed by atoms with van der Waals surface area (Å²) in [5.41, 5.74) is 7.42. The summed E-state index contributed by atoms with van der Waals surface area (Å²) in [5.74, 6) is 0.330. The lowest BCUT2D eigenvalue weighted by molar-refractivity contribution is -0.118. The van der Waals surface area contributed by atoms with Crippen LogP contribution in [0.3, 0.4) is 0 Å². The molecule has 4 rings (SSSR count). The molecule has 18 heteroatoms. The van der Waals surface area contributed by atoms with E-state index < -0.39 is 20.0 Å². The molecule has 13 nitrogen and oxygen atoms in total. The van der Waals surface area contributed by atoms with Crippen LogP contribution in [-0.2, 0) is 37.7 Å². The second kappa shape index (κ2) is 17.6. The molecule has 0 atom stereocenters. The average molecular weight is 731 g/mol. The van der Waals surface area contributed by atoms with Crippen molar-refractivity contribution in [2.45, 2.75) is 69.1 Å². The van der Waals surface area contributed by atoms with E-state index in [-0.39, 0.29) is 50.2 Å². The Labute approximate surface area is 284 Å². The average Bonchev–Trinajstić information content (AvgIpc) is 3.64. The van der Waals surface area contributed by atoms with Crippen molar-refractivity contribution in [1.29, 1.82) is 0 Å². The molecule has 2 heterocycles. The van der Waals surface area contributed by atoms with Crippen LogP contribution in [0, 0.1) is 0 Å². The molecule has 0 aliphatic heterocycles. The van der Waals surface area contributed by atoms with E-state index in [1.54, 1.807) is 36.4 Å². The molecule has 2 aromatic heterocycles. The van der Waals surface area contributed by atoms with E-state index in [9.17, 15) is 21.6 Å². The molecular weight excluding hydrogens is 692 g/mol. The number of halogens is 1. The van der Waals surface area contributed by atoms with Gasteiger partial charge in [0.25, 0.3) is 20.0 Å². The van der Waals surface area contributed by atoms with Crippen LogP contribution in [0.25, 0.3) is 0 Å². The molecule has 0 fully saturated rings. The zero-order chi connectivity index (χ0) is 33.2. The zero-order valence-electron chi connectivity index (χ0n) is 26.1. The summed E-state index contributed by atoms with van der Waals surface area (Å²) in [6, 6.07) is 13.2. The van der Waals surface area contributed by atoms with Crippen molar-refractivity contribution in [1.82, 2.24) is 25.7 Å². The number of nitrogens with two attached hydrogens (primary N) is 1. The molecule has 0 unspecified atom stereocenters. The van der Waals surface area contributed by atoms with Crippen molar-refractivity contribution >= 4 is 71.3 Å². The lowest BCUT2D eigenvalue weighted by Crippen LogP contribution is -2.22. The number of carbonyl (C=O) groups excluding carboxylic acids is 1. The quantitative estimate of drug-likeness (QED) is 0.152. The molecule has 2 aromatic carbocycles. The number of nitrogens with one attached hydrogen (secondary N) is 3. The standard InChI is InChI=1S/C15H20N4O3S2.C13H18N4O2S2.ClH/c1-10(2)14-17-18-15(23-14)19-24(21,22)13-6-4-12(5-7-13)8-9-16-11(3)20;1-9(2)12-15-16-13(20-12)17-21(18,19)11-5-3-10(4-6-11)7-8-14;/h4-7,10H,8-9H2,1-3H3,(H,16,20)(H,18,19);3-6,9H,7-8,14H2,1-2H3,(H,16,17);1H. The first-order valence-corrected chi connectivity index (χ1v) is 18.6. The molecule has 0 saturated carbocycles. The molecule has 252 valence electrons. The maximum absolute atomic E-state index is 12.4. The molecular formula is C28H39ClN8O5S4. The zero-order valence-corrected chi connectivity index (χ0v) is 30.1. The van der Waals surface area contributed by atoms with Crippen molar-refractivity contribution in [2.24, 2.45) is 5.73 Å². The number of hydrogen-bond donors (Lipinski definition) is 4. The number of anilines is 2. The fourth-order valence-corrected chi connectivity index (χ4v) is 7.54. The largest absolute Gasteiger partial charge is 0.356 e. The van der Waals surface area contributed by atoms with Crippen molar-refractivity contribution in [3.8, 4) is 0 Å². The predicted octanol–water partition coefficient (Wildman–Crippen LogP) is 4.53. The second-order valence-corrected chi connectivity index (χ2v) is 15.9. The van der Waals surface area contributed by atoms with Gasteiger partial charge in [-0.3, -0.25) is 14.2 Å². The molecule has 1 amide bonds. The Balaban J connectivity index is 0.000000316. The number of carbonyl (C=O) groups is 1. The Hall–Kier alpha value is -3.22. The summed E-state index contributed by atoms with van der Waals surface area (Å²) in [6.07, 6.45) is 1.36. The van der Waals surface area contributed by atoms with Gasteiger partial charge in [-0.25, -0.2) is 16.8 Å². The monoisotopic (exact) mass is 730 g/mol. The van der Waals surface area contributed by atoms with Crippen molar-refractivity contribution in [2.75, 3.05) is 22.5 Å². The van der Waals surface area contributed by atoms with Crippen LogP contribution in [0.4, 0.5) is 10.3 Å². The van der Waals surface area contributed by atoms with Gasteiger partial charge in [-0.1, -0.05) is 74.6 Å². The van der Waals surface area contributed by atoms with Gasteiger partial charge in [0.1, 0.15) is 10.0 Å². The third-order valence-electron chi connectivity index (χ3n) is 6.00. The van der Waals surface area contributed by atoms with Gasteiger partial charge in [0, 0.05) is 25.3 Å². The van der Waals surface area contributed by atoms with Gasteiger partial charge in [0.15, 0.2) is 0 Å². The Morgan fingerprint density at radius 3 is 1.43 bits per heavy atom. The van der Waals surface area contributed by atoms with Gasteiger partial charge in [-0.2, -0.15) is 0 Å². The van der Waals surface area contributed by atoms with E-state index in [2.05, 4.69) is 35.2 Å². The number of aromatic nitrogens is 4. The third-order valence-corrected chi connectivity index (χ3v) is 11.2. The highest BCUT2D eigenvalue weighted by Crippen LogP contribution is 2.26. The number of amides is 1. The SMILES string of the molecule is CC(=O)NCCc1ccc(S(=O)(=O)Nc2nnc(C(C)C)s2)cc1.CC(C)c1nnc(NS(=O)(=O)c2ccc(CCN)cc2)s1.Cl. The van der Waals surface area contributed by atoms with E-state index in [1.165, 1.54) is 41.7 Å². The van der Waals surface area contributed by atoms with E-state index in [0.29, 0.717) is 19.5 Å². The Morgan fingerprint density at radius 1 is 0.717 bits per heavy atom. The van der Waals surface area contributed by atoms with Crippen LogP contribution in [0.1, 0.15) is 67.6 Å². The van der Waals surface area contributed by atoms with Gasteiger partial charge in [0.05, 0.1) is 9.79 Å². The van der Waals surface area contributed by atoms with Crippen LogP contribution >= 0.6 is 35.1 Å². The highest BCUT2D eigenvalue weighted by Gasteiger charge is 2.19. The highest BCUT2D eigenvalue weighted by atomic mass is 35.5. The third kappa shape index (κ3) is 11.9. The smallest absolute Gasteiger partial charge is 0.263 e. The minimum atomic E-state index is -3.69. The Bertz CT molecular complexity index is 1760. The molecule has 4 aromatic rings. The maximum Gasteiger partial charge on any atom is 0.263 e. The molecule has 0 bridgehead atoms. The molecule has 0 aliphatic carbocycles. The summed E-state index contributed by atoms with van der Waals surface area (Å²) in [4.78, 5) is 11.2. The van der Waals surface area contributed by atoms with Gasteiger partial charge >= 0.3 is 0 Å². The molecule has 0 aliphatic rings. The summed E-state index contributed by atoms with van der Waals surface area (Å²) in [6.45, 7) is 10.4. The second-order valence-electron chi connectivity index (χ2n) is 10.5. The lowest BCUT2D eigenvalue weighted by Gasteiger charge is -2.06. The summed E-state index contributed by atoms with van der Waals surface area (Å²) >= 11 is 2.47. The van der Waals surface area contributed by atoms with E-state index in [1.807, 2.05) is 27.7 Å². The van der Waals surface area contributed by atoms with Crippen LogP contribution in [0.5, 0.6) is 0 Å². The first-order valence-electron chi connectivity index (χ1n) is 14.0. The number of rotatable bonds is 13. The van der Waals surface area contributed by atoms with Crippen LogP contribution in [0.15, 0.2) is 58.3 Å². The van der Waals surface area contributed by atoms with Crippen molar-refractivity contribution in [3.63, 3.8) is 0 Å². The van der Waals surface area contributed by atoms with Crippen LogP contribution in [-0.4, -0.2) is 56.2 Å². The van der Waals surface area contributed by atoms with Gasteiger partial charge < -0.3 is 11.1 Å². The molecule has 5 N–H and O–H groups in total. The first kappa shape index (κ1) is 39.0. The van der Waals surface area contributed by atoms with E-state index in [4.69, 9.17) is 5.73 Å².